The molecule has 0 bridgehead atoms. The van der Waals surface area contributed by atoms with Crippen molar-refractivity contribution in [1.82, 2.24) is 0 Å². The fourth-order valence-corrected chi connectivity index (χ4v) is 3.40. The van der Waals surface area contributed by atoms with Gasteiger partial charge in [0, 0.05) is 4.91 Å². The molecule has 0 aromatic heterocycles. The zero-order valence-corrected chi connectivity index (χ0v) is 17.1. The molecule has 0 amide bonds. The zero-order valence-electron chi connectivity index (χ0n) is 17.1. The second kappa shape index (κ2) is 12.2. The monoisotopic (exact) mass is 427 g/mol. The molecular weight excluding hydrogens is 401 g/mol. The van der Waals surface area contributed by atoms with Crippen molar-refractivity contribution in [3.63, 3.8) is 0 Å². The second-order valence-electron chi connectivity index (χ2n) is 7.07. The van der Waals surface area contributed by atoms with Crippen LogP contribution in [0.15, 0.2) is 78.4 Å². The first kappa shape index (κ1) is 22.9. The third-order valence-electron chi connectivity index (χ3n) is 4.87. The van der Waals surface area contributed by atoms with Crippen molar-refractivity contribution in [1.29, 1.82) is 0 Å². The van der Waals surface area contributed by atoms with Crippen LogP contribution < -0.4 is 0 Å². The Balaban J connectivity index is 1.73. The summed E-state index contributed by atoms with van der Waals surface area (Å²) in [7, 11) is 0. The molecule has 31 heavy (non-hydrogen) atoms. The molecule has 0 aliphatic carbocycles. The fourth-order valence-electron chi connectivity index (χ4n) is 3.40. The first-order chi connectivity index (χ1) is 15.2. The predicted molar refractivity (Wildman–Crippen MR) is 114 cm³/mol. The van der Waals surface area contributed by atoms with Crippen LogP contribution in [0.2, 0.25) is 0 Å². The summed E-state index contributed by atoms with van der Waals surface area (Å²) >= 11 is 0. The van der Waals surface area contributed by atoms with Crippen LogP contribution in [0.3, 0.4) is 0 Å². The number of azide groups is 1. The van der Waals surface area contributed by atoms with E-state index in [4.69, 9.17) is 24.5 Å². The molecule has 2 aromatic carbocycles. The van der Waals surface area contributed by atoms with Gasteiger partial charge in [0.05, 0.1) is 26.4 Å². The third-order valence-corrected chi connectivity index (χ3v) is 4.87. The first-order valence-corrected chi connectivity index (χ1v) is 10.1. The molecule has 1 aliphatic heterocycles. The van der Waals surface area contributed by atoms with Gasteiger partial charge >= 0.3 is 0 Å². The van der Waals surface area contributed by atoms with Crippen LogP contribution in [0.1, 0.15) is 11.1 Å². The van der Waals surface area contributed by atoms with Crippen molar-refractivity contribution in [2.24, 2.45) is 5.11 Å². The number of rotatable bonds is 11. The molecule has 0 radical (unpaired) electrons. The van der Waals surface area contributed by atoms with E-state index in [1.165, 1.54) is 0 Å². The van der Waals surface area contributed by atoms with Gasteiger partial charge in [-0.1, -0.05) is 71.9 Å². The van der Waals surface area contributed by atoms with Gasteiger partial charge in [-0.25, -0.2) is 4.39 Å². The molecule has 0 saturated carbocycles. The van der Waals surface area contributed by atoms with E-state index in [1.807, 2.05) is 60.7 Å². The summed E-state index contributed by atoms with van der Waals surface area (Å²) in [6.07, 6.45) is -2.57. The Hall–Kier alpha value is -2.74. The molecule has 3 rings (SSSR count). The van der Waals surface area contributed by atoms with Crippen LogP contribution in [0, 0.1) is 0 Å². The lowest BCUT2D eigenvalue weighted by molar-refractivity contribution is -0.249. The van der Waals surface area contributed by atoms with Gasteiger partial charge in [0.1, 0.15) is 24.4 Å². The highest BCUT2D eigenvalue weighted by Crippen LogP contribution is 2.30. The van der Waals surface area contributed by atoms with Crippen molar-refractivity contribution in [2.75, 3.05) is 13.2 Å². The Kier molecular flexibility index (Phi) is 9.02. The minimum atomic E-state index is -1.84. The Morgan fingerprint density at radius 3 is 2.26 bits per heavy atom. The van der Waals surface area contributed by atoms with Crippen LogP contribution in [0.4, 0.5) is 4.39 Å². The minimum absolute atomic E-state index is 0.0886. The molecule has 5 atom stereocenters. The molecule has 1 unspecified atom stereocenters. The quantitative estimate of drug-likeness (QED) is 0.224. The van der Waals surface area contributed by atoms with Crippen molar-refractivity contribution in [3.8, 4) is 0 Å². The summed E-state index contributed by atoms with van der Waals surface area (Å²) in [4.78, 5) is 2.77. The van der Waals surface area contributed by atoms with E-state index in [2.05, 4.69) is 16.6 Å². The van der Waals surface area contributed by atoms with E-state index >= 15 is 0 Å². The summed E-state index contributed by atoms with van der Waals surface area (Å²) in [6.45, 7) is 4.52. The highest BCUT2D eigenvalue weighted by molar-refractivity contribution is 5.14. The number of hydrogen-bond acceptors (Lipinski definition) is 5. The van der Waals surface area contributed by atoms with Gasteiger partial charge < -0.3 is 18.9 Å². The van der Waals surface area contributed by atoms with Crippen LogP contribution in [0.25, 0.3) is 10.4 Å². The van der Waals surface area contributed by atoms with Gasteiger partial charge in [0.2, 0.25) is 6.36 Å². The van der Waals surface area contributed by atoms with Gasteiger partial charge in [-0.2, -0.15) is 0 Å². The van der Waals surface area contributed by atoms with Gasteiger partial charge in [-0.05, 0) is 16.7 Å². The van der Waals surface area contributed by atoms with Gasteiger partial charge in [-0.15, -0.1) is 6.58 Å². The van der Waals surface area contributed by atoms with E-state index in [1.54, 1.807) is 6.08 Å². The van der Waals surface area contributed by atoms with E-state index < -0.39 is 30.7 Å². The van der Waals surface area contributed by atoms with Crippen LogP contribution in [0.5, 0.6) is 0 Å². The van der Waals surface area contributed by atoms with Crippen molar-refractivity contribution < 1.29 is 23.3 Å². The molecule has 1 saturated heterocycles. The lowest BCUT2D eigenvalue weighted by Gasteiger charge is -2.42. The molecule has 8 heteroatoms. The lowest BCUT2D eigenvalue weighted by atomic mass is 9.97. The number of halogens is 1. The summed E-state index contributed by atoms with van der Waals surface area (Å²) < 4.78 is 37.9. The van der Waals surface area contributed by atoms with Crippen LogP contribution >= 0.6 is 0 Å². The summed E-state index contributed by atoms with van der Waals surface area (Å²) in [5.41, 5.74) is 10.8. The maximum atomic E-state index is 14.8. The predicted octanol–water partition coefficient (Wildman–Crippen LogP) is 4.73. The van der Waals surface area contributed by atoms with E-state index in [-0.39, 0.29) is 19.8 Å². The number of ether oxygens (including phenoxy) is 4. The highest BCUT2D eigenvalue weighted by atomic mass is 19.1. The molecule has 1 fully saturated rings. The standard InChI is InChI=1S/C23H26FN3O4/c1-2-13-29-21-19(16-28-14-17-9-5-3-6-10-17)31-23(24)20(26-27-25)22(21)30-15-18-11-7-4-8-12-18/h2-12,19-23H,1,13-16H2/t19-,20-,21-,22-,23?/m1/s1. The Morgan fingerprint density at radius 2 is 1.65 bits per heavy atom. The second-order valence-corrected chi connectivity index (χ2v) is 7.07. The highest BCUT2D eigenvalue weighted by Gasteiger charge is 2.47. The molecule has 164 valence electrons. The Morgan fingerprint density at radius 1 is 1.00 bits per heavy atom. The topological polar surface area (TPSA) is 85.7 Å². The number of hydrogen-bond donors (Lipinski definition) is 0. The minimum Gasteiger partial charge on any atom is -0.374 e. The SMILES string of the molecule is C=CCO[C@H]1[C@H](OCc2ccccc2)[C@@H](N=[N+]=[N-])C(F)O[C@@H]1COCc1ccccc1. The number of alkyl halides is 1. The van der Waals surface area contributed by atoms with E-state index in [0.29, 0.717) is 6.61 Å². The number of benzene rings is 2. The summed E-state index contributed by atoms with van der Waals surface area (Å²) in [6, 6.07) is 17.9. The molecule has 7 nitrogen and oxygen atoms in total. The lowest BCUT2D eigenvalue weighted by Crippen LogP contribution is -2.58. The summed E-state index contributed by atoms with van der Waals surface area (Å²) in [5.74, 6) is 0. The van der Waals surface area contributed by atoms with Crippen LogP contribution in [-0.4, -0.2) is 43.9 Å². The Bertz CT molecular complexity index is 848. The largest absolute Gasteiger partial charge is 0.374 e. The van der Waals surface area contributed by atoms with Crippen molar-refractivity contribution in [2.45, 2.75) is 43.9 Å². The van der Waals surface area contributed by atoms with Gasteiger partial charge in [-0.3, -0.25) is 0 Å². The average Bonchev–Trinajstić information content (AvgIpc) is 2.80. The average molecular weight is 427 g/mol. The van der Waals surface area contributed by atoms with Crippen molar-refractivity contribution in [3.05, 3.63) is 94.9 Å². The maximum absolute atomic E-state index is 14.8. The normalized spacial score (nSPS) is 25.5. The van der Waals surface area contributed by atoms with Gasteiger partial charge in [0.25, 0.3) is 0 Å². The van der Waals surface area contributed by atoms with E-state index in [9.17, 15) is 4.39 Å². The maximum Gasteiger partial charge on any atom is 0.210 e. The smallest absolute Gasteiger partial charge is 0.210 e. The Labute approximate surface area is 181 Å². The van der Waals surface area contributed by atoms with E-state index in [0.717, 1.165) is 11.1 Å². The van der Waals surface area contributed by atoms with Gasteiger partial charge in [0.15, 0.2) is 0 Å². The molecule has 0 N–H and O–H groups in total. The van der Waals surface area contributed by atoms with Crippen molar-refractivity contribution >= 4 is 0 Å². The molecular formula is C23H26FN3O4. The van der Waals surface area contributed by atoms with Crippen LogP contribution in [-0.2, 0) is 32.2 Å². The molecule has 0 spiro atoms. The third kappa shape index (κ3) is 6.62. The molecule has 2 aromatic rings. The first-order valence-electron chi connectivity index (χ1n) is 10.1. The molecule has 1 aliphatic rings. The number of nitrogens with zero attached hydrogens (tertiary/aromatic N) is 3. The summed E-state index contributed by atoms with van der Waals surface area (Å²) in [5, 5.41) is 3.59. The molecule has 1 heterocycles. The zero-order chi connectivity index (χ0) is 21.9. The fraction of sp³-hybridized carbons (Fsp3) is 0.391.